The Morgan fingerprint density at radius 2 is 1.95 bits per heavy atom. The second-order valence-electron chi connectivity index (χ2n) is 5.05. The van der Waals surface area contributed by atoms with Crippen LogP contribution in [0.3, 0.4) is 0 Å². The first-order valence-electron chi connectivity index (χ1n) is 6.89. The molecule has 0 saturated heterocycles. The minimum atomic E-state index is -3.62. The summed E-state index contributed by atoms with van der Waals surface area (Å²) in [6.45, 7) is 0.420. The third-order valence-electron chi connectivity index (χ3n) is 3.69. The van der Waals surface area contributed by atoms with Gasteiger partial charge < -0.3 is 0 Å². The number of rotatable bonds is 5. The third kappa shape index (κ3) is 3.59. The van der Waals surface area contributed by atoms with E-state index in [1.807, 2.05) is 0 Å². The Morgan fingerprint density at radius 1 is 1.25 bits per heavy atom. The lowest BCUT2D eigenvalue weighted by molar-refractivity contribution is 0.263. The van der Waals surface area contributed by atoms with Crippen LogP contribution < -0.4 is 0 Å². The Labute approximate surface area is 128 Å². The maximum Gasteiger partial charge on any atom is 0.243 e. The first-order valence-corrected chi connectivity index (χ1v) is 9.45. The van der Waals surface area contributed by atoms with Gasteiger partial charge in [-0.25, -0.2) is 12.8 Å². The molecule has 0 radical (unpaired) electrons. The molecule has 0 N–H and O–H groups in total. The molecule has 1 aliphatic rings. The summed E-state index contributed by atoms with van der Waals surface area (Å²) in [7, 11) is -3.62. The molecule has 112 valence electrons. The predicted molar refractivity (Wildman–Crippen MR) is 81.0 cm³/mol. The number of hydrogen-bond acceptors (Lipinski definition) is 2. The second-order valence-corrected chi connectivity index (χ2v) is 7.74. The first-order chi connectivity index (χ1) is 9.55. The molecule has 6 heteroatoms. The first kappa shape index (κ1) is 15.9. The van der Waals surface area contributed by atoms with Crippen LogP contribution in [0.2, 0.25) is 0 Å². The average molecular weight is 364 g/mol. The molecule has 3 nitrogen and oxygen atoms in total. The van der Waals surface area contributed by atoms with Crippen LogP contribution in [0, 0.1) is 5.82 Å². The summed E-state index contributed by atoms with van der Waals surface area (Å²) in [6, 6.07) is 5.29. The Balaban J connectivity index is 2.31. The van der Waals surface area contributed by atoms with Gasteiger partial charge in [0.2, 0.25) is 10.0 Å². The highest BCUT2D eigenvalue weighted by Crippen LogP contribution is 2.28. The molecule has 0 atom stereocenters. The van der Waals surface area contributed by atoms with Crippen LogP contribution in [0.4, 0.5) is 4.39 Å². The minimum absolute atomic E-state index is 0.0366. The van der Waals surface area contributed by atoms with E-state index in [9.17, 15) is 12.8 Å². The van der Waals surface area contributed by atoms with Gasteiger partial charge in [0.1, 0.15) is 5.82 Å². The van der Waals surface area contributed by atoms with Crippen LogP contribution in [-0.2, 0) is 10.0 Å². The molecule has 0 amide bonds. The molecule has 0 heterocycles. The summed E-state index contributed by atoms with van der Waals surface area (Å²) >= 11 is 3.32. The quantitative estimate of drug-likeness (QED) is 0.750. The number of benzene rings is 1. The summed E-state index contributed by atoms with van der Waals surface area (Å²) in [5.74, 6) is -0.520. The van der Waals surface area contributed by atoms with Crippen molar-refractivity contribution in [1.29, 1.82) is 0 Å². The van der Waals surface area contributed by atoms with E-state index in [-0.39, 0.29) is 10.9 Å². The van der Waals surface area contributed by atoms with E-state index in [1.54, 1.807) is 0 Å². The van der Waals surface area contributed by atoms with Crippen LogP contribution in [0.1, 0.15) is 32.1 Å². The van der Waals surface area contributed by atoms with E-state index < -0.39 is 15.8 Å². The van der Waals surface area contributed by atoms with E-state index in [0.29, 0.717) is 11.9 Å². The van der Waals surface area contributed by atoms with Gasteiger partial charge in [0.25, 0.3) is 0 Å². The Morgan fingerprint density at radius 3 is 2.55 bits per heavy atom. The fraction of sp³-hybridized carbons (Fsp3) is 0.571. The normalized spacial score (nSPS) is 17.6. The van der Waals surface area contributed by atoms with Crippen molar-refractivity contribution in [2.24, 2.45) is 0 Å². The maximum atomic E-state index is 13.3. The molecule has 0 aromatic heterocycles. The Kier molecular flexibility index (Phi) is 5.57. The van der Waals surface area contributed by atoms with Crippen LogP contribution in [0.5, 0.6) is 0 Å². The van der Waals surface area contributed by atoms with Crippen LogP contribution in [0.15, 0.2) is 29.2 Å². The summed E-state index contributed by atoms with van der Waals surface area (Å²) < 4.78 is 40.3. The predicted octanol–water partition coefficient (Wildman–Crippen LogP) is 3.54. The van der Waals surface area contributed by atoms with E-state index in [0.717, 1.165) is 31.7 Å². The lowest BCUT2D eigenvalue weighted by Crippen LogP contribution is -2.42. The molecule has 0 unspecified atom stereocenters. The van der Waals surface area contributed by atoms with Gasteiger partial charge in [-0.1, -0.05) is 41.3 Å². The van der Waals surface area contributed by atoms with E-state index in [4.69, 9.17) is 0 Å². The molecule has 1 aromatic carbocycles. The zero-order valence-corrected chi connectivity index (χ0v) is 13.7. The molecule has 2 rings (SSSR count). The van der Waals surface area contributed by atoms with Crippen molar-refractivity contribution in [3.8, 4) is 0 Å². The fourth-order valence-electron chi connectivity index (χ4n) is 2.71. The van der Waals surface area contributed by atoms with Crippen LogP contribution >= 0.6 is 15.9 Å². The van der Waals surface area contributed by atoms with Gasteiger partial charge in [-0.15, -0.1) is 0 Å². The van der Waals surface area contributed by atoms with Gasteiger partial charge in [0.05, 0.1) is 4.90 Å². The van der Waals surface area contributed by atoms with Crippen molar-refractivity contribution in [2.75, 3.05) is 11.9 Å². The van der Waals surface area contributed by atoms with Crippen LogP contribution in [-0.4, -0.2) is 30.6 Å². The molecule has 0 aliphatic heterocycles. The van der Waals surface area contributed by atoms with Crippen molar-refractivity contribution in [3.63, 3.8) is 0 Å². The van der Waals surface area contributed by atoms with Gasteiger partial charge in [-0.05, 0) is 31.0 Å². The minimum Gasteiger partial charge on any atom is -0.207 e. The standard InChI is InChI=1S/C14H19BrFNO2S/c15-9-10-17(13-6-2-1-3-7-13)20(18,19)14-8-4-5-12(16)11-14/h4-5,8,11,13H,1-3,6-7,9-10H2. The number of alkyl halides is 1. The van der Waals surface area contributed by atoms with E-state index >= 15 is 0 Å². The Hall–Kier alpha value is -0.460. The van der Waals surface area contributed by atoms with Crippen molar-refractivity contribution in [3.05, 3.63) is 30.1 Å². The fourth-order valence-corrected chi connectivity index (χ4v) is 5.05. The van der Waals surface area contributed by atoms with E-state index in [2.05, 4.69) is 15.9 Å². The third-order valence-corrected chi connectivity index (χ3v) is 5.99. The molecular formula is C14H19BrFNO2S. The molecule has 0 bridgehead atoms. The van der Waals surface area contributed by atoms with Crippen LogP contribution in [0.25, 0.3) is 0 Å². The average Bonchev–Trinajstić information content (AvgIpc) is 2.45. The lowest BCUT2D eigenvalue weighted by atomic mass is 9.95. The second kappa shape index (κ2) is 7.00. The molecule has 1 aromatic rings. The van der Waals surface area contributed by atoms with Gasteiger partial charge in [0, 0.05) is 17.9 Å². The number of hydrogen-bond donors (Lipinski definition) is 0. The SMILES string of the molecule is O=S(=O)(c1cccc(F)c1)N(CCBr)C1CCCCC1. The monoisotopic (exact) mass is 363 g/mol. The number of halogens is 2. The number of sulfonamides is 1. The van der Waals surface area contributed by atoms with Crippen molar-refractivity contribution < 1.29 is 12.8 Å². The molecular weight excluding hydrogens is 345 g/mol. The van der Waals surface area contributed by atoms with Gasteiger partial charge in [-0.3, -0.25) is 0 Å². The zero-order valence-electron chi connectivity index (χ0n) is 11.3. The van der Waals surface area contributed by atoms with E-state index in [1.165, 1.54) is 28.9 Å². The molecule has 1 aliphatic carbocycles. The summed E-state index contributed by atoms with van der Waals surface area (Å²) in [5.41, 5.74) is 0. The summed E-state index contributed by atoms with van der Waals surface area (Å²) in [6.07, 6.45) is 5.06. The summed E-state index contributed by atoms with van der Waals surface area (Å²) in [4.78, 5) is 0.0454. The highest BCUT2D eigenvalue weighted by Gasteiger charge is 2.31. The highest BCUT2D eigenvalue weighted by molar-refractivity contribution is 9.09. The highest BCUT2D eigenvalue weighted by atomic mass is 79.9. The molecule has 1 fully saturated rings. The zero-order chi connectivity index (χ0) is 14.6. The largest absolute Gasteiger partial charge is 0.243 e. The lowest BCUT2D eigenvalue weighted by Gasteiger charge is -2.33. The molecule has 1 saturated carbocycles. The van der Waals surface area contributed by atoms with Gasteiger partial charge in [-0.2, -0.15) is 4.31 Å². The van der Waals surface area contributed by atoms with Crippen molar-refractivity contribution in [1.82, 2.24) is 4.31 Å². The maximum absolute atomic E-state index is 13.3. The topological polar surface area (TPSA) is 37.4 Å². The van der Waals surface area contributed by atoms with Crippen molar-refractivity contribution >= 4 is 26.0 Å². The smallest absolute Gasteiger partial charge is 0.207 e. The van der Waals surface area contributed by atoms with Gasteiger partial charge >= 0.3 is 0 Å². The van der Waals surface area contributed by atoms with Gasteiger partial charge in [0.15, 0.2) is 0 Å². The summed E-state index contributed by atoms with van der Waals surface area (Å²) in [5, 5.41) is 0.581. The van der Waals surface area contributed by atoms with Crippen molar-refractivity contribution in [2.45, 2.75) is 43.0 Å². The molecule has 0 spiro atoms. The Bertz CT molecular complexity index is 544. The number of nitrogens with zero attached hydrogens (tertiary/aromatic N) is 1. The molecule has 20 heavy (non-hydrogen) atoms.